The van der Waals surface area contributed by atoms with E-state index >= 15 is 0 Å². The van der Waals surface area contributed by atoms with E-state index in [1.807, 2.05) is 70.9 Å². The molecular weight excluding hydrogens is 585 g/mol. The topological polar surface area (TPSA) is 96.9 Å². The lowest BCUT2D eigenvalue weighted by Crippen LogP contribution is -2.40. The van der Waals surface area contributed by atoms with E-state index in [1.54, 1.807) is 56.1 Å². The monoisotopic (exact) mass is 612 g/mol. The maximum absolute atomic E-state index is 14.2. The van der Waals surface area contributed by atoms with Crippen molar-refractivity contribution in [3.8, 4) is 27.8 Å². The van der Waals surface area contributed by atoms with E-state index in [2.05, 4.69) is 0 Å². The highest BCUT2D eigenvalue weighted by molar-refractivity contribution is 7.13. The molecule has 0 radical (unpaired) electrons. The van der Waals surface area contributed by atoms with E-state index in [9.17, 15) is 9.59 Å². The van der Waals surface area contributed by atoms with Crippen molar-refractivity contribution >= 4 is 34.7 Å². The van der Waals surface area contributed by atoms with Crippen molar-refractivity contribution in [3.05, 3.63) is 114 Å². The number of thiazole rings is 1. The number of para-hydroxylation sites is 1. The van der Waals surface area contributed by atoms with Crippen molar-refractivity contribution in [2.45, 2.75) is 19.9 Å². The Bertz CT molecular complexity index is 2020. The van der Waals surface area contributed by atoms with Gasteiger partial charge in [-0.3, -0.25) is 9.36 Å². The van der Waals surface area contributed by atoms with E-state index in [-0.39, 0.29) is 12.2 Å². The molecule has 6 rings (SSSR count). The zero-order valence-corrected chi connectivity index (χ0v) is 25.6. The molecule has 1 aliphatic rings. The lowest BCUT2D eigenvalue weighted by atomic mass is 9.95. The highest BCUT2D eigenvalue weighted by Crippen LogP contribution is 2.36. The summed E-state index contributed by atoms with van der Waals surface area (Å²) in [6.45, 7) is 3.70. The van der Waals surface area contributed by atoms with Crippen LogP contribution in [-0.4, -0.2) is 41.1 Å². The number of esters is 1. The second-order valence-corrected chi connectivity index (χ2v) is 11.6. The Kier molecular flexibility index (Phi) is 7.83. The number of fused-ring (bicyclic) bond motifs is 1. The molecule has 0 bridgehead atoms. The van der Waals surface area contributed by atoms with Crippen LogP contribution in [0.3, 0.4) is 0 Å². The molecule has 0 amide bonds. The number of carbonyl (C=O) groups excluding carboxylic acids is 1. The van der Waals surface area contributed by atoms with Crippen LogP contribution in [0.25, 0.3) is 22.3 Å². The van der Waals surface area contributed by atoms with Crippen molar-refractivity contribution in [3.63, 3.8) is 0 Å². The maximum Gasteiger partial charge on any atom is 0.338 e. The molecule has 0 spiro atoms. The normalized spacial score (nSPS) is 14.8. The Hall–Kier alpha value is -4.74. The van der Waals surface area contributed by atoms with E-state index < -0.39 is 12.0 Å². The highest BCUT2D eigenvalue weighted by Gasteiger charge is 2.34. The molecule has 9 nitrogen and oxygen atoms in total. The summed E-state index contributed by atoms with van der Waals surface area (Å²) in [5.74, 6) is 0.490. The molecule has 0 saturated carbocycles. The van der Waals surface area contributed by atoms with Gasteiger partial charge in [0.25, 0.3) is 5.56 Å². The molecule has 1 aliphatic heterocycles. The van der Waals surface area contributed by atoms with Gasteiger partial charge in [-0.15, -0.1) is 11.3 Å². The molecule has 2 aromatic carbocycles. The second kappa shape index (κ2) is 11.9. The smallest absolute Gasteiger partial charge is 0.338 e. The Morgan fingerprint density at radius 1 is 1.05 bits per heavy atom. The molecule has 3 aromatic heterocycles. The fourth-order valence-corrected chi connectivity index (χ4v) is 6.85. The first kappa shape index (κ1) is 28.4. The molecule has 0 N–H and O–H groups in total. The van der Waals surface area contributed by atoms with Crippen LogP contribution in [0.15, 0.2) is 93.3 Å². The third-order valence-electron chi connectivity index (χ3n) is 7.04. The summed E-state index contributed by atoms with van der Waals surface area (Å²) in [6, 6.07) is 18.4. The van der Waals surface area contributed by atoms with Gasteiger partial charge in [0.2, 0.25) is 0 Å². The maximum atomic E-state index is 14.2. The number of ether oxygens (including phenoxy) is 3. The van der Waals surface area contributed by atoms with Crippen LogP contribution in [0, 0.1) is 0 Å². The minimum absolute atomic E-state index is 0.190. The predicted molar refractivity (Wildman–Crippen MR) is 167 cm³/mol. The standard InChI is InChI=1S/C32H28N4O5S2/c1-5-41-31(38)27-19(2)33-32-36(29(27)20-13-14-23(39-3)24(16-20)40-4)30(37)26(43-32)17-21-18-35(22-10-7-6-8-11-22)34-28(21)25-12-9-15-42-25/h6-18,29H,5H2,1-4H3. The first-order valence-corrected chi connectivity index (χ1v) is 15.2. The zero-order valence-electron chi connectivity index (χ0n) is 23.9. The van der Waals surface area contributed by atoms with Gasteiger partial charge in [0.15, 0.2) is 16.3 Å². The van der Waals surface area contributed by atoms with Gasteiger partial charge < -0.3 is 14.2 Å². The van der Waals surface area contributed by atoms with Crippen LogP contribution in [0.2, 0.25) is 0 Å². The number of nitrogens with zero attached hydrogens (tertiary/aromatic N) is 4. The summed E-state index contributed by atoms with van der Waals surface area (Å²) in [5, 5.41) is 6.87. The van der Waals surface area contributed by atoms with Crippen LogP contribution < -0.4 is 24.4 Å². The SMILES string of the molecule is CCOC(=O)C1=C(C)N=c2sc(=Cc3cn(-c4ccccc4)nc3-c3cccs3)c(=O)n2C1c1ccc(OC)c(OC)c1. The van der Waals surface area contributed by atoms with E-state index in [4.69, 9.17) is 24.3 Å². The third kappa shape index (κ3) is 5.21. The van der Waals surface area contributed by atoms with Crippen molar-refractivity contribution in [2.24, 2.45) is 4.99 Å². The van der Waals surface area contributed by atoms with Crippen LogP contribution in [0.1, 0.15) is 31.0 Å². The first-order chi connectivity index (χ1) is 20.9. The van der Waals surface area contributed by atoms with Gasteiger partial charge in [-0.25, -0.2) is 14.5 Å². The van der Waals surface area contributed by atoms with Gasteiger partial charge in [-0.2, -0.15) is 5.10 Å². The number of carbonyl (C=O) groups is 1. The zero-order chi connectivity index (χ0) is 30.1. The second-order valence-electron chi connectivity index (χ2n) is 9.61. The third-order valence-corrected chi connectivity index (χ3v) is 8.90. The molecule has 11 heteroatoms. The Labute approximate surface area is 255 Å². The van der Waals surface area contributed by atoms with Gasteiger partial charge in [0.05, 0.1) is 53.2 Å². The van der Waals surface area contributed by atoms with Gasteiger partial charge in [0, 0.05) is 11.8 Å². The molecule has 0 aliphatic carbocycles. The van der Waals surface area contributed by atoms with Gasteiger partial charge in [-0.1, -0.05) is 41.7 Å². The van der Waals surface area contributed by atoms with Crippen molar-refractivity contribution in [1.82, 2.24) is 14.3 Å². The van der Waals surface area contributed by atoms with Crippen LogP contribution in [-0.2, 0) is 9.53 Å². The van der Waals surface area contributed by atoms with Crippen molar-refractivity contribution in [1.29, 1.82) is 0 Å². The number of benzene rings is 2. The number of aromatic nitrogens is 3. The molecule has 0 saturated heterocycles. The fourth-order valence-electron chi connectivity index (χ4n) is 5.08. The number of rotatable bonds is 8. The predicted octanol–water partition coefficient (Wildman–Crippen LogP) is 4.73. The van der Waals surface area contributed by atoms with Crippen molar-refractivity contribution in [2.75, 3.05) is 20.8 Å². The van der Waals surface area contributed by atoms with Crippen LogP contribution in [0.5, 0.6) is 11.5 Å². The van der Waals surface area contributed by atoms with Gasteiger partial charge in [0.1, 0.15) is 5.69 Å². The highest BCUT2D eigenvalue weighted by atomic mass is 32.1. The number of hydrogen-bond acceptors (Lipinski definition) is 9. The molecule has 5 aromatic rings. The minimum Gasteiger partial charge on any atom is -0.493 e. The quantitative estimate of drug-likeness (QED) is 0.235. The van der Waals surface area contributed by atoms with E-state index in [0.717, 1.165) is 21.8 Å². The summed E-state index contributed by atoms with van der Waals surface area (Å²) in [5.41, 5.74) is 3.64. The van der Waals surface area contributed by atoms with Crippen LogP contribution in [0.4, 0.5) is 0 Å². The molecule has 218 valence electrons. The van der Waals surface area contributed by atoms with E-state index in [0.29, 0.717) is 37.7 Å². The summed E-state index contributed by atoms with van der Waals surface area (Å²) in [6.07, 6.45) is 3.77. The molecule has 4 heterocycles. The summed E-state index contributed by atoms with van der Waals surface area (Å²) in [7, 11) is 3.10. The number of thiophene rings is 1. The lowest BCUT2D eigenvalue weighted by Gasteiger charge is -2.25. The Morgan fingerprint density at radius 3 is 2.53 bits per heavy atom. The average molecular weight is 613 g/mol. The average Bonchev–Trinajstić information content (AvgIpc) is 3.77. The Morgan fingerprint density at radius 2 is 1.84 bits per heavy atom. The summed E-state index contributed by atoms with van der Waals surface area (Å²) in [4.78, 5) is 33.7. The van der Waals surface area contributed by atoms with Crippen LogP contribution >= 0.6 is 22.7 Å². The largest absolute Gasteiger partial charge is 0.493 e. The van der Waals surface area contributed by atoms with Gasteiger partial charge in [-0.05, 0) is 61.2 Å². The molecular formula is C32H28N4O5S2. The molecule has 1 atom stereocenters. The lowest BCUT2D eigenvalue weighted by molar-refractivity contribution is -0.139. The first-order valence-electron chi connectivity index (χ1n) is 13.5. The Balaban J connectivity index is 1.56. The van der Waals surface area contributed by atoms with Gasteiger partial charge >= 0.3 is 5.97 Å². The minimum atomic E-state index is -0.777. The molecule has 43 heavy (non-hydrogen) atoms. The molecule has 0 fully saturated rings. The number of methoxy groups -OCH3 is 2. The fraction of sp³-hybridized carbons (Fsp3) is 0.188. The van der Waals surface area contributed by atoms with Crippen molar-refractivity contribution < 1.29 is 19.0 Å². The summed E-state index contributed by atoms with van der Waals surface area (Å²) < 4.78 is 20.2. The molecule has 1 unspecified atom stereocenters. The number of hydrogen-bond donors (Lipinski definition) is 0. The summed E-state index contributed by atoms with van der Waals surface area (Å²) >= 11 is 2.85. The van der Waals surface area contributed by atoms with E-state index in [1.165, 1.54) is 11.3 Å². The number of allylic oxidation sites excluding steroid dienone is 1.